The summed E-state index contributed by atoms with van der Waals surface area (Å²) in [5, 5.41) is 0.131. The summed E-state index contributed by atoms with van der Waals surface area (Å²) in [4.78, 5) is 26.4. The molecule has 0 bridgehead atoms. The number of aromatic nitrogens is 2. The summed E-state index contributed by atoms with van der Waals surface area (Å²) in [6.45, 7) is 0.00756. The molecule has 0 saturated heterocycles. The summed E-state index contributed by atoms with van der Waals surface area (Å²) < 4.78 is 19.6. The molecule has 0 aliphatic heterocycles. The number of H-pyrrole nitrogens is 1. The van der Waals surface area contributed by atoms with Gasteiger partial charge in [-0.05, 0) is 24.3 Å². The lowest BCUT2D eigenvalue weighted by Gasteiger charge is -2.05. The molecule has 3 aromatic rings. The Morgan fingerprint density at radius 1 is 1.21 bits per heavy atom. The molecule has 19 heavy (non-hydrogen) atoms. The third kappa shape index (κ3) is 1.87. The zero-order chi connectivity index (χ0) is 13.4. The van der Waals surface area contributed by atoms with Gasteiger partial charge in [0, 0.05) is 0 Å². The molecule has 0 atom stereocenters. The first-order chi connectivity index (χ1) is 9.16. The Kier molecular flexibility index (Phi) is 2.56. The molecule has 0 unspecified atom stereocenters. The smallest absolute Gasteiger partial charge is 0.329 e. The van der Waals surface area contributed by atoms with Crippen LogP contribution in [0.2, 0.25) is 0 Å². The van der Waals surface area contributed by atoms with Gasteiger partial charge in [-0.2, -0.15) is 0 Å². The molecule has 3 rings (SSSR count). The second-order valence-electron chi connectivity index (χ2n) is 4.06. The van der Waals surface area contributed by atoms with Crippen LogP contribution in [0.25, 0.3) is 10.9 Å². The van der Waals surface area contributed by atoms with E-state index in [1.54, 1.807) is 12.1 Å². The maximum absolute atomic E-state index is 13.5. The molecule has 1 N–H and O–H groups in total. The molecule has 0 amide bonds. The van der Waals surface area contributed by atoms with E-state index in [9.17, 15) is 14.0 Å². The van der Waals surface area contributed by atoms with E-state index in [4.69, 9.17) is 4.42 Å². The van der Waals surface area contributed by atoms with Crippen LogP contribution >= 0.6 is 0 Å². The van der Waals surface area contributed by atoms with Crippen molar-refractivity contribution in [3.8, 4) is 0 Å². The number of aromatic amines is 1. The average Bonchev–Trinajstić information content (AvgIpc) is 2.89. The van der Waals surface area contributed by atoms with E-state index < -0.39 is 17.1 Å². The highest BCUT2D eigenvalue weighted by Gasteiger charge is 2.11. The van der Waals surface area contributed by atoms with Gasteiger partial charge in [-0.3, -0.25) is 9.36 Å². The van der Waals surface area contributed by atoms with Crippen LogP contribution in [0.15, 0.2) is 50.6 Å². The van der Waals surface area contributed by atoms with Crippen molar-refractivity contribution in [2.24, 2.45) is 0 Å². The molecule has 6 heteroatoms. The molecule has 2 heterocycles. The minimum atomic E-state index is -0.668. The van der Waals surface area contributed by atoms with Crippen molar-refractivity contribution < 1.29 is 8.81 Å². The zero-order valence-corrected chi connectivity index (χ0v) is 9.72. The predicted molar refractivity (Wildman–Crippen MR) is 66.6 cm³/mol. The van der Waals surface area contributed by atoms with Crippen LogP contribution in [0.1, 0.15) is 5.76 Å². The van der Waals surface area contributed by atoms with Gasteiger partial charge >= 0.3 is 5.69 Å². The first-order valence-electron chi connectivity index (χ1n) is 5.60. The van der Waals surface area contributed by atoms with Crippen molar-refractivity contribution in [3.63, 3.8) is 0 Å². The first-order valence-corrected chi connectivity index (χ1v) is 5.60. The van der Waals surface area contributed by atoms with E-state index >= 15 is 0 Å². The molecular weight excluding hydrogens is 251 g/mol. The molecule has 0 aliphatic carbocycles. The Bertz CT molecular complexity index is 846. The summed E-state index contributed by atoms with van der Waals surface area (Å²) in [5.41, 5.74) is -1.29. The van der Waals surface area contributed by atoms with Gasteiger partial charge in [-0.25, -0.2) is 9.18 Å². The number of rotatable bonds is 2. The molecule has 1 aromatic carbocycles. The summed E-state index contributed by atoms with van der Waals surface area (Å²) in [6.07, 6.45) is 1.45. The normalized spacial score (nSPS) is 11.0. The molecule has 2 aromatic heterocycles. The van der Waals surface area contributed by atoms with Gasteiger partial charge in [0.25, 0.3) is 5.56 Å². The predicted octanol–water partition coefficient (Wildman–Crippen LogP) is 1.47. The number of hydrogen-bond donors (Lipinski definition) is 1. The number of para-hydroxylation sites is 1. The largest absolute Gasteiger partial charge is 0.467 e. The van der Waals surface area contributed by atoms with Gasteiger partial charge in [-0.1, -0.05) is 6.07 Å². The van der Waals surface area contributed by atoms with E-state index in [-0.39, 0.29) is 17.4 Å². The maximum atomic E-state index is 13.5. The minimum absolute atomic E-state index is 0.00756. The van der Waals surface area contributed by atoms with Gasteiger partial charge in [0.05, 0.1) is 23.7 Å². The van der Waals surface area contributed by atoms with Crippen LogP contribution in [0.3, 0.4) is 0 Å². The second kappa shape index (κ2) is 4.24. The SMILES string of the molecule is O=c1[nH]c2c(F)cccc2c(=O)n1Cc1ccco1. The number of benzene rings is 1. The third-order valence-electron chi connectivity index (χ3n) is 2.86. The van der Waals surface area contributed by atoms with Crippen molar-refractivity contribution in [2.45, 2.75) is 6.54 Å². The summed E-state index contributed by atoms with van der Waals surface area (Å²) in [6, 6.07) is 7.40. The van der Waals surface area contributed by atoms with Gasteiger partial charge < -0.3 is 9.40 Å². The lowest BCUT2D eigenvalue weighted by atomic mass is 10.2. The van der Waals surface area contributed by atoms with Crippen molar-refractivity contribution in [2.75, 3.05) is 0 Å². The Labute approximate surface area is 105 Å². The van der Waals surface area contributed by atoms with Gasteiger partial charge in [0.1, 0.15) is 11.6 Å². The summed E-state index contributed by atoms with van der Waals surface area (Å²) >= 11 is 0. The fourth-order valence-corrected chi connectivity index (χ4v) is 1.94. The quantitative estimate of drug-likeness (QED) is 0.758. The van der Waals surface area contributed by atoms with Gasteiger partial charge in [0.2, 0.25) is 0 Å². The van der Waals surface area contributed by atoms with E-state index in [1.807, 2.05) is 0 Å². The third-order valence-corrected chi connectivity index (χ3v) is 2.86. The standard InChI is InChI=1S/C13H9FN2O3/c14-10-5-1-4-9-11(10)15-13(18)16(12(9)17)7-8-3-2-6-19-8/h1-6H,7H2,(H,15,18). The molecule has 0 fully saturated rings. The van der Waals surface area contributed by atoms with Crippen LogP contribution in [-0.4, -0.2) is 9.55 Å². The number of fused-ring (bicyclic) bond motifs is 1. The molecule has 5 nitrogen and oxygen atoms in total. The van der Waals surface area contributed by atoms with Crippen LogP contribution in [-0.2, 0) is 6.54 Å². The Hall–Kier alpha value is -2.63. The highest BCUT2D eigenvalue weighted by Crippen LogP contribution is 2.09. The van der Waals surface area contributed by atoms with E-state index in [2.05, 4.69) is 4.98 Å². The Balaban J connectivity index is 2.27. The summed E-state index contributed by atoms with van der Waals surface area (Å²) in [5.74, 6) is -0.153. The molecule has 0 radical (unpaired) electrons. The molecule has 0 aliphatic rings. The summed E-state index contributed by atoms with van der Waals surface area (Å²) in [7, 11) is 0. The fourth-order valence-electron chi connectivity index (χ4n) is 1.94. The van der Waals surface area contributed by atoms with Crippen LogP contribution < -0.4 is 11.2 Å². The van der Waals surface area contributed by atoms with Crippen molar-refractivity contribution >= 4 is 10.9 Å². The Morgan fingerprint density at radius 2 is 2.05 bits per heavy atom. The molecule has 0 saturated carbocycles. The first kappa shape index (κ1) is 11.5. The van der Waals surface area contributed by atoms with Crippen LogP contribution in [0.5, 0.6) is 0 Å². The fraction of sp³-hybridized carbons (Fsp3) is 0.0769. The van der Waals surface area contributed by atoms with Crippen molar-refractivity contribution in [1.82, 2.24) is 9.55 Å². The average molecular weight is 260 g/mol. The minimum Gasteiger partial charge on any atom is -0.467 e. The van der Waals surface area contributed by atoms with Crippen molar-refractivity contribution in [3.05, 3.63) is 69.0 Å². The van der Waals surface area contributed by atoms with E-state index in [0.29, 0.717) is 5.76 Å². The molecule has 96 valence electrons. The Morgan fingerprint density at radius 3 is 2.79 bits per heavy atom. The second-order valence-corrected chi connectivity index (χ2v) is 4.06. The van der Waals surface area contributed by atoms with E-state index in [1.165, 1.54) is 24.5 Å². The highest BCUT2D eigenvalue weighted by molar-refractivity contribution is 5.77. The number of nitrogens with zero attached hydrogens (tertiary/aromatic N) is 1. The molecular formula is C13H9FN2O3. The van der Waals surface area contributed by atoms with Gasteiger partial charge in [-0.15, -0.1) is 0 Å². The monoisotopic (exact) mass is 260 g/mol. The highest BCUT2D eigenvalue weighted by atomic mass is 19.1. The lowest BCUT2D eigenvalue weighted by molar-refractivity contribution is 0.484. The number of furan rings is 1. The number of halogens is 1. The number of hydrogen-bond acceptors (Lipinski definition) is 3. The lowest BCUT2D eigenvalue weighted by Crippen LogP contribution is -2.35. The topological polar surface area (TPSA) is 68.0 Å². The van der Waals surface area contributed by atoms with Crippen LogP contribution in [0, 0.1) is 5.82 Å². The van der Waals surface area contributed by atoms with E-state index in [0.717, 1.165) is 4.57 Å². The maximum Gasteiger partial charge on any atom is 0.329 e. The van der Waals surface area contributed by atoms with Crippen molar-refractivity contribution in [1.29, 1.82) is 0 Å². The molecule has 0 spiro atoms. The van der Waals surface area contributed by atoms with Crippen LogP contribution in [0.4, 0.5) is 4.39 Å². The zero-order valence-electron chi connectivity index (χ0n) is 9.72. The van der Waals surface area contributed by atoms with Gasteiger partial charge in [0.15, 0.2) is 0 Å². The number of nitrogens with one attached hydrogen (secondary N) is 1.